The molecule has 0 atom stereocenters. The average Bonchev–Trinajstić information content (AvgIpc) is 3.21. The van der Waals surface area contributed by atoms with Crippen molar-refractivity contribution in [2.24, 2.45) is 12.0 Å². The Labute approximate surface area is 182 Å². The molecule has 0 saturated heterocycles. The van der Waals surface area contributed by atoms with Crippen LogP contribution in [0.1, 0.15) is 17.4 Å². The Hall–Kier alpha value is -2.14. The molecule has 0 aliphatic rings. The molecular weight excluding hydrogens is 471 g/mol. The minimum atomic E-state index is 0. The van der Waals surface area contributed by atoms with Gasteiger partial charge in [-0.25, -0.2) is 4.99 Å². The Morgan fingerprint density at radius 1 is 1.32 bits per heavy atom. The summed E-state index contributed by atoms with van der Waals surface area (Å²) in [5.74, 6) is 3.32. The molecule has 0 fully saturated rings. The van der Waals surface area contributed by atoms with E-state index in [4.69, 9.17) is 14.1 Å². The van der Waals surface area contributed by atoms with Crippen molar-refractivity contribution in [2.75, 3.05) is 27.3 Å². The van der Waals surface area contributed by atoms with Gasteiger partial charge in [-0.3, -0.25) is 0 Å². The molecule has 0 aliphatic heterocycles. The molecule has 0 aliphatic carbocycles. The Bertz CT molecular complexity index is 887. The van der Waals surface area contributed by atoms with Crippen LogP contribution >= 0.6 is 24.0 Å². The smallest absolute Gasteiger partial charge is 0.194 e. The number of methoxy groups -OCH3 is 1. The number of rotatable bonds is 7. The third kappa shape index (κ3) is 5.44. The first-order valence-corrected chi connectivity index (χ1v) is 8.89. The van der Waals surface area contributed by atoms with Gasteiger partial charge in [0, 0.05) is 33.1 Å². The van der Waals surface area contributed by atoms with Gasteiger partial charge in [0.25, 0.3) is 0 Å². The van der Waals surface area contributed by atoms with E-state index in [1.54, 1.807) is 7.11 Å². The third-order valence-corrected chi connectivity index (χ3v) is 4.37. The number of hydrogen-bond acceptors (Lipinski definition) is 5. The van der Waals surface area contributed by atoms with E-state index in [1.165, 1.54) is 0 Å². The quantitative estimate of drug-likeness (QED) is 0.234. The molecule has 152 valence electrons. The molecule has 9 heteroatoms. The number of furan rings is 1. The molecule has 28 heavy (non-hydrogen) atoms. The van der Waals surface area contributed by atoms with Gasteiger partial charge >= 0.3 is 0 Å². The second-order valence-electron chi connectivity index (χ2n) is 6.39. The van der Waals surface area contributed by atoms with Gasteiger partial charge in [0.2, 0.25) is 0 Å². The summed E-state index contributed by atoms with van der Waals surface area (Å²) in [6.45, 7) is 4.23. The van der Waals surface area contributed by atoms with Crippen LogP contribution in [0, 0.1) is 6.92 Å². The summed E-state index contributed by atoms with van der Waals surface area (Å²) < 4.78 is 13.0. The van der Waals surface area contributed by atoms with Gasteiger partial charge in [-0.1, -0.05) is 18.2 Å². The van der Waals surface area contributed by atoms with Gasteiger partial charge in [0.05, 0.1) is 13.2 Å². The molecule has 0 spiro atoms. The highest BCUT2D eigenvalue weighted by atomic mass is 127. The van der Waals surface area contributed by atoms with E-state index >= 15 is 0 Å². The van der Waals surface area contributed by atoms with Crippen LogP contribution in [0.2, 0.25) is 0 Å². The monoisotopic (exact) mass is 498 g/mol. The Morgan fingerprint density at radius 3 is 2.79 bits per heavy atom. The molecule has 0 radical (unpaired) electrons. The van der Waals surface area contributed by atoms with E-state index in [0.29, 0.717) is 26.2 Å². The minimum Gasteiger partial charge on any atom is -0.459 e. The lowest BCUT2D eigenvalue weighted by molar-refractivity contribution is 0.202. The minimum absolute atomic E-state index is 0. The maximum Gasteiger partial charge on any atom is 0.194 e. The van der Waals surface area contributed by atoms with Crippen molar-refractivity contribution < 1.29 is 9.15 Å². The van der Waals surface area contributed by atoms with Crippen molar-refractivity contribution in [3.63, 3.8) is 0 Å². The van der Waals surface area contributed by atoms with Crippen LogP contribution < -0.4 is 5.32 Å². The van der Waals surface area contributed by atoms with Crippen LogP contribution in [0.5, 0.6) is 0 Å². The molecule has 2 aromatic heterocycles. The Kier molecular flexibility index (Phi) is 8.24. The molecule has 3 aromatic rings. The number of hydrogen-bond donors (Lipinski definition) is 1. The van der Waals surface area contributed by atoms with Gasteiger partial charge in [0.1, 0.15) is 23.7 Å². The number of nitrogens with zero attached hydrogens (tertiary/aromatic N) is 5. The second kappa shape index (κ2) is 10.4. The van der Waals surface area contributed by atoms with Crippen LogP contribution in [0.3, 0.4) is 0 Å². The first kappa shape index (κ1) is 22.2. The standard InChI is InChI=1S/C19H26N6O2.HI/c1-14-22-23-18(25(14)3)12-21-19(20-9-10-26-4)24(2)13-16-11-15-7-5-6-8-17(15)27-16;/h5-8,11H,9-10,12-13H2,1-4H3,(H,20,21);1H. The molecule has 0 bridgehead atoms. The lowest BCUT2D eigenvalue weighted by atomic mass is 10.2. The molecule has 2 heterocycles. The van der Waals surface area contributed by atoms with Crippen LogP contribution in [0.15, 0.2) is 39.7 Å². The molecule has 8 nitrogen and oxygen atoms in total. The summed E-state index contributed by atoms with van der Waals surface area (Å²) in [5, 5.41) is 12.7. The van der Waals surface area contributed by atoms with Crippen molar-refractivity contribution >= 4 is 40.9 Å². The van der Waals surface area contributed by atoms with Gasteiger partial charge in [-0.2, -0.15) is 0 Å². The number of fused-ring (bicyclic) bond motifs is 1. The van der Waals surface area contributed by atoms with E-state index in [9.17, 15) is 0 Å². The number of aromatic nitrogens is 3. The summed E-state index contributed by atoms with van der Waals surface area (Å²) in [5.41, 5.74) is 0.890. The van der Waals surface area contributed by atoms with Crippen LogP contribution in [-0.4, -0.2) is 52.9 Å². The molecule has 1 N–H and O–H groups in total. The lowest BCUT2D eigenvalue weighted by Gasteiger charge is -2.21. The zero-order valence-electron chi connectivity index (χ0n) is 16.7. The fourth-order valence-corrected chi connectivity index (χ4v) is 2.73. The predicted molar refractivity (Wildman–Crippen MR) is 120 cm³/mol. The first-order chi connectivity index (χ1) is 13.1. The second-order valence-corrected chi connectivity index (χ2v) is 6.39. The molecule has 0 unspecified atom stereocenters. The molecule has 1 aromatic carbocycles. The normalized spacial score (nSPS) is 11.5. The van der Waals surface area contributed by atoms with Crippen molar-refractivity contribution in [2.45, 2.75) is 20.0 Å². The van der Waals surface area contributed by atoms with Gasteiger partial charge in [-0.15, -0.1) is 34.2 Å². The fourth-order valence-electron chi connectivity index (χ4n) is 2.73. The van der Waals surface area contributed by atoms with Gasteiger partial charge in [0.15, 0.2) is 11.8 Å². The maximum atomic E-state index is 5.92. The van der Waals surface area contributed by atoms with Crippen LogP contribution in [0.25, 0.3) is 11.0 Å². The fraction of sp³-hybridized carbons (Fsp3) is 0.421. The van der Waals surface area contributed by atoms with E-state index in [2.05, 4.69) is 21.6 Å². The number of aryl methyl sites for hydroxylation is 1. The highest BCUT2D eigenvalue weighted by Gasteiger charge is 2.12. The van der Waals surface area contributed by atoms with Crippen LogP contribution in [-0.2, 0) is 24.9 Å². The summed E-state index contributed by atoms with van der Waals surface area (Å²) >= 11 is 0. The SMILES string of the molecule is COCCNC(=NCc1nnc(C)n1C)N(C)Cc1cc2ccccc2o1.I. The number of para-hydroxylation sites is 1. The number of halogens is 1. The summed E-state index contributed by atoms with van der Waals surface area (Å²) in [6, 6.07) is 10.1. The van der Waals surface area contributed by atoms with Crippen LogP contribution in [0.4, 0.5) is 0 Å². The summed E-state index contributed by atoms with van der Waals surface area (Å²) in [7, 11) is 5.60. The molecule has 3 rings (SSSR count). The van der Waals surface area contributed by atoms with Crippen molar-refractivity contribution in [3.05, 3.63) is 47.7 Å². The molecule has 0 amide bonds. The van der Waals surface area contributed by atoms with Crippen molar-refractivity contribution in [3.8, 4) is 0 Å². The average molecular weight is 498 g/mol. The topological polar surface area (TPSA) is 80.7 Å². The van der Waals surface area contributed by atoms with E-state index in [0.717, 1.165) is 34.3 Å². The number of nitrogens with one attached hydrogen (secondary N) is 1. The number of guanidine groups is 1. The number of benzene rings is 1. The zero-order chi connectivity index (χ0) is 19.2. The zero-order valence-corrected chi connectivity index (χ0v) is 19.0. The number of aliphatic imine (C=N–C) groups is 1. The highest BCUT2D eigenvalue weighted by Crippen LogP contribution is 2.19. The van der Waals surface area contributed by atoms with Gasteiger partial charge < -0.3 is 23.9 Å². The highest BCUT2D eigenvalue weighted by molar-refractivity contribution is 14.0. The maximum absolute atomic E-state index is 5.92. The molecular formula is C19H27IN6O2. The van der Waals surface area contributed by atoms with Crippen molar-refractivity contribution in [1.82, 2.24) is 25.0 Å². The summed E-state index contributed by atoms with van der Waals surface area (Å²) in [6.07, 6.45) is 0. The first-order valence-electron chi connectivity index (χ1n) is 8.89. The van der Waals surface area contributed by atoms with E-state index < -0.39 is 0 Å². The predicted octanol–water partition coefficient (Wildman–Crippen LogP) is 2.71. The lowest BCUT2D eigenvalue weighted by Crippen LogP contribution is -2.40. The Balaban J connectivity index is 0.00000280. The van der Waals surface area contributed by atoms with E-state index in [1.807, 2.05) is 54.8 Å². The largest absolute Gasteiger partial charge is 0.459 e. The summed E-state index contributed by atoms with van der Waals surface area (Å²) in [4.78, 5) is 6.73. The van der Waals surface area contributed by atoms with E-state index in [-0.39, 0.29) is 24.0 Å². The van der Waals surface area contributed by atoms with Gasteiger partial charge in [-0.05, 0) is 19.1 Å². The Morgan fingerprint density at radius 2 is 2.11 bits per heavy atom. The van der Waals surface area contributed by atoms with Crippen molar-refractivity contribution in [1.29, 1.82) is 0 Å². The molecule has 0 saturated carbocycles. The number of ether oxygens (including phenoxy) is 1. The third-order valence-electron chi connectivity index (χ3n) is 4.37.